The van der Waals surface area contributed by atoms with Gasteiger partial charge >= 0.3 is 0 Å². The highest BCUT2D eigenvalue weighted by Crippen LogP contribution is 2.22. The number of rotatable bonds is 5. The van der Waals surface area contributed by atoms with Gasteiger partial charge in [0.1, 0.15) is 5.71 Å². The van der Waals surface area contributed by atoms with Gasteiger partial charge in [0.2, 0.25) is 5.91 Å². The molecule has 1 N–H and O–H groups in total. The zero-order chi connectivity index (χ0) is 18.7. The van der Waals surface area contributed by atoms with Gasteiger partial charge in [0.05, 0.1) is 17.5 Å². The lowest BCUT2D eigenvalue weighted by molar-refractivity contribution is -0.133. The first-order valence-electron chi connectivity index (χ1n) is 8.79. The molecule has 1 saturated heterocycles. The van der Waals surface area contributed by atoms with Crippen LogP contribution in [0, 0.1) is 0 Å². The minimum atomic E-state index is -3.12. The van der Waals surface area contributed by atoms with E-state index in [9.17, 15) is 18.0 Å². The van der Waals surface area contributed by atoms with E-state index >= 15 is 0 Å². The third-order valence-corrected chi connectivity index (χ3v) is 6.56. The van der Waals surface area contributed by atoms with Gasteiger partial charge in [-0.2, -0.15) is 5.10 Å². The third-order valence-electron chi connectivity index (χ3n) is 4.81. The lowest BCUT2D eigenvalue weighted by Gasteiger charge is -2.27. The Hall–Kier alpha value is -2.22. The standard InChI is InChI=1S/C18H23N3O4S/c1-13(14-5-3-2-4-6-14)11-19-18(23)16-7-8-17(22)21(20-16)15-9-10-26(24,25)12-15/h2-6,13,15H,7-12H2,1H3,(H,19,23)/t13-,15+/m0/s1. The molecule has 26 heavy (non-hydrogen) atoms. The van der Waals surface area contributed by atoms with Crippen LogP contribution in [0.4, 0.5) is 0 Å². The highest BCUT2D eigenvalue weighted by Gasteiger charge is 2.37. The molecule has 0 spiro atoms. The molecule has 2 heterocycles. The van der Waals surface area contributed by atoms with Crippen LogP contribution in [0.15, 0.2) is 35.4 Å². The van der Waals surface area contributed by atoms with Crippen molar-refractivity contribution in [2.45, 2.75) is 38.1 Å². The highest BCUT2D eigenvalue weighted by molar-refractivity contribution is 7.91. The van der Waals surface area contributed by atoms with Crippen LogP contribution in [0.2, 0.25) is 0 Å². The molecule has 0 aromatic heterocycles. The number of benzene rings is 1. The van der Waals surface area contributed by atoms with E-state index in [1.807, 2.05) is 37.3 Å². The average molecular weight is 377 g/mol. The zero-order valence-corrected chi connectivity index (χ0v) is 15.5. The largest absolute Gasteiger partial charge is 0.350 e. The van der Waals surface area contributed by atoms with Crippen LogP contribution < -0.4 is 5.32 Å². The number of hydrogen-bond donors (Lipinski definition) is 1. The van der Waals surface area contributed by atoms with Gasteiger partial charge in [0, 0.05) is 19.4 Å². The number of carbonyl (C=O) groups excluding carboxylic acids is 2. The lowest BCUT2D eigenvalue weighted by Crippen LogP contribution is -2.44. The monoisotopic (exact) mass is 377 g/mol. The summed E-state index contributed by atoms with van der Waals surface area (Å²) in [6.45, 7) is 2.49. The first-order chi connectivity index (χ1) is 12.4. The number of sulfone groups is 1. The van der Waals surface area contributed by atoms with Crippen molar-refractivity contribution in [1.82, 2.24) is 10.3 Å². The van der Waals surface area contributed by atoms with E-state index in [0.29, 0.717) is 13.0 Å². The molecule has 1 aromatic carbocycles. The van der Waals surface area contributed by atoms with Crippen molar-refractivity contribution in [3.63, 3.8) is 0 Å². The fourth-order valence-corrected chi connectivity index (χ4v) is 4.93. The van der Waals surface area contributed by atoms with Crippen LogP contribution in [0.3, 0.4) is 0 Å². The smallest absolute Gasteiger partial charge is 0.267 e. The zero-order valence-electron chi connectivity index (χ0n) is 14.7. The Morgan fingerprint density at radius 2 is 2.04 bits per heavy atom. The summed E-state index contributed by atoms with van der Waals surface area (Å²) in [7, 11) is -3.12. The normalized spacial score (nSPS) is 23.4. The van der Waals surface area contributed by atoms with E-state index < -0.39 is 15.9 Å². The molecule has 0 aliphatic carbocycles. The molecule has 140 valence electrons. The highest BCUT2D eigenvalue weighted by atomic mass is 32.2. The lowest BCUT2D eigenvalue weighted by atomic mass is 10.0. The maximum atomic E-state index is 12.4. The molecule has 1 aromatic rings. The van der Waals surface area contributed by atoms with Crippen LogP contribution in [0.1, 0.15) is 37.7 Å². The molecule has 2 aliphatic rings. The molecular formula is C18H23N3O4S. The van der Waals surface area contributed by atoms with Crippen molar-refractivity contribution in [2.75, 3.05) is 18.1 Å². The van der Waals surface area contributed by atoms with E-state index in [4.69, 9.17) is 0 Å². The van der Waals surface area contributed by atoms with Crippen LogP contribution in [0.5, 0.6) is 0 Å². The quantitative estimate of drug-likeness (QED) is 0.830. The first-order valence-corrected chi connectivity index (χ1v) is 10.6. The average Bonchev–Trinajstić information content (AvgIpc) is 3.00. The van der Waals surface area contributed by atoms with Crippen molar-refractivity contribution in [3.8, 4) is 0 Å². The second-order valence-corrected chi connectivity index (χ2v) is 9.09. The number of hydrazone groups is 1. The van der Waals surface area contributed by atoms with Gasteiger partial charge in [0.25, 0.3) is 5.91 Å². The molecule has 2 aliphatic heterocycles. The number of nitrogens with one attached hydrogen (secondary N) is 1. The van der Waals surface area contributed by atoms with Gasteiger partial charge < -0.3 is 5.32 Å². The van der Waals surface area contributed by atoms with Gasteiger partial charge in [-0.15, -0.1) is 0 Å². The Labute approximate surface area is 153 Å². The van der Waals surface area contributed by atoms with Gasteiger partial charge in [-0.3, -0.25) is 9.59 Å². The molecule has 1 fully saturated rings. The molecular weight excluding hydrogens is 354 g/mol. The molecule has 0 radical (unpaired) electrons. The minimum absolute atomic E-state index is 0.0626. The summed E-state index contributed by atoms with van der Waals surface area (Å²) in [5, 5.41) is 8.26. The third kappa shape index (κ3) is 4.30. The van der Waals surface area contributed by atoms with Crippen molar-refractivity contribution in [3.05, 3.63) is 35.9 Å². The van der Waals surface area contributed by atoms with E-state index in [1.54, 1.807) is 0 Å². The topological polar surface area (TPSA) is 95.9 Å². The second-order valence-electron chi connectivity index (χ2n) is 6.86. The second kappa shape index (κ2) is 7.57. The van der Waals surface area contributed by atoms with Crippen LogP contribution in [-0.4, -0.2) is 55.0 Å². The number of nitrogens with zero attached hydrogens (tertiary/aromatic N) is 2. The van der Waals surface area contributed by atoms with Gasteiger partial charge in [-0.1, -0.05) is 37.3 Å². The van der Waals surface area contributed by atoms with E-state index in [2.05, 4.69) is 10.4 Å². The molecule has 0 bridgehead atoms. The Balaban J connectivity index is 1.63. The summed E-state index contributed by atoms with van der Waals surface area (Å²) in [5.74, 6) is -0.385. The predicted molar refractivity (Wildman–Crippen MR) is 98.4 cm³/mol. The number of amides is 2. The fourth-order valence-electron chi connectivity index (χ4n) is 3.24. The maximum Gasteiger partial charge on any atom is 0.267 e. The maximum absolute atomic E-state index is 12.4. The molecule has 0 saturated carbocycles. The summed E-state index contributed by atoms with van der Waals surface area (Å²) >= 11 is 0. The number of carbonyl (C=O) groups is 2. The molecule has 2 amide bonds. The Bertz CT molecular complexity index is 820. The molecule has 8 heteroatoms. The molecule has 7 nitrogen and oxygen atoms in total. The van der Waals surface area contributed by atoms with E-state index in [-0.39, 0.29) is 47.8 Å². The number of hydrogen-bond acceptors (Lipinski definition) is 5. The van der Waals surface area contributed by atoms with Crippen LogP contribution >= 0.6 is 0 Å². The molecule has 0 unspecified atom stereocenters. The van der Waals surface area contributed by atoms with Gasteiger partial charge in [-0.25, -0.2) is 13.4 Å². The summed E-state index contributed by atoms with van der Waals surface area (Å²) in [6, 6.07) is 9.42. The van der Waals surface area contributed by atoms with Crippen molar-refractivity contribution >= 4 is 27.4 Å². The molecule has 3 rings (SSSR count). The van der Waals surface area contributed by atoms with Crippen molar-refractivity contribution in [2.24, 2.45) is 5.10 Å². The minimum Gasteiger partial charge on any atom is -0.350 e. The van der Waals surface area contributed by atoms with Crippen LogP contribution in [-0.2, 0) is 19.4 Å². The van der Waals surface area contributed by atoms with Crippen molar-refractivity contribution in [1.29, 1.82) is 0 Å². The predicted octanol–water partition coefficient (Wildman–Crippen LogP) is 1.07. The Morgan fingerprint density at radius 1 is 1.31 bits per heavy atom. The van der Waals surface area contributed by atoms with Crippen LogP contribution in [0.25, 0.3) is 0 Å². The van der Waals surface area contributed by atoms with Gasteiger partial charge in [0.15, 0.2) is 9.84 Å². The summed E-state index contributed by atoms with van der Waals surface area (Å²) in [6.07, 6.45) is 0.828. The summed E-state index contributed by atoms with van der Waals surface area (Å²) in [4.78, 5) is 24.5. The summed E-state index contributed by atoms with van der Waals surface area (Å²) in [5.41, 5.74) is 1.42. The Kier molecular flexibility index (Phi) is 5.41. The Morgan fingerprint density at radius 3 is 2.69 bits per heavy atom. The van der Waals surface area contributed by atoms with Gasteiger partial charge in [-0.05, 0) is 17.9 Å². The fraction of sp³-hybridized carbons (Fsp3) is 0.500. The first kappa shape index (κ1) is 18.6. The summed E-state index contributed by atoms with van der Waals surface area (Å²) < 4.78 is 23.3. The van der Waals surface area contributed by atoms with Crippen molar-refractivity contribution < 1.29 is 18.0 Å². The molecule has 2 atom stereocenters. The SMILES string of the molecule is C[C@@H](CNC(=O)C1=NN([C@@H]2CCS(=O)(=O)C2)C(=O)CC1)c1ccccc1. The van der Waals surface area contributed by atoms with E-state index in [1.165, 1.54) is 5.01 Å². The van der Waals surface area contributed by atoms with E-state index in [0.717, 1.165) is 5.56 Å².